The third kappa shape index (κ3) is 4.49. The molecule has 0 radical (unpaired) electrons. The Morgan fingerprint density at radius 3 is 2.10 bits per heavy atom. The Bertz CT molecular complexity index is 2100. The van der Waals surface area contributed by atoms with Crippen LogP contribution in [-0.4, -0.2) is 0 Å². The highest BCUT2D eigenvalue weighted by Gasteiger charge is 2.31. The zero-order valence-corrected chi connectivity index (χ0v) is 23.3. The fourth-order valence-corrected chi connectivity index (χ4v) is 7.07. The maximum Gasteiger partial charge on any atom is 0.416 e. The predicted molar refractivity (Wildman–Crippen MR) is 168 cm³/mol. The zero-order valence-electron chi connectivity index (χ0n) is 22.5. The van der Waals surface area contributed by atoms with Gasteiger partial charge in [0.2, 0.25) is 0 Å². The van der Waals surface area contributed by atoms with Crippen molar-refractivity contribution >= 4 is 42.3 Å². The minimum Gasteiger partial charge on any atom is -0.166 e. The standard InChI is InChI=1S/C37H25F3S/c1-22-10-12-25(13-11-22)29-16-14-26(27-18-23(2)19-28(20-27)37(38,39)40)21-33(29)31-8-5-9-32-35-30-7-4-3-6-24(30)15-17-34(35)41-36(31)32/h3-21H,1-2H3. The number of halogens is 3. The molecule has 1 heterocycles. The third-order valence-corrected chi connectivity index (χ3v) is 9.00. The van der Waals surface area contributed by atoms with Crippen molar-refractivity contribution in [2.24, 2.45) is 0 Å². The lowest BCUT2D eigenvalue weighted by Crippen LogP contribution is -2.05. The van der Waals surface area contributed by atoms with Gasteiger partial charge in [0.25, 0.3) is 0 Å². The molecule has 4 heteroatoms. The fraction of sp³-hybridized carbons (Fsp3) is 0.0811. The van der Waals surface area contributed by atoms with Crippen molar-refractivity contribution in [2.75, 3.05) is 0 Å². The Hall–Kier alpha value is -4.41. The van der Waals surface area contributed by atoms with E-state index in [1.165, 1.54) is 48.6 Å². The predicted octanol–water partition coefficient (Wildman–Crippen LogP) is 11.8. The van der Waals surface area contributed by atoms with Crippen LogP contribution in [0.2, 0.25) is 0 Å². The highest BCUT2D eigenvalue weighted by Crippen LogP contribution is 2.46. The number of fused-ring (bicyclic) bond motifs is 5. The summed E-state index contributed by atoms with van der Waals surface area (Å²) >= 11 is 1.77. The van der Waals surface area contributed by atoms with Gasteiger partial charge < -0.3 is 0 Å². The Kier molecular flexibility index (Phi) is 5.98. The van der Waals surface area contributed by atoms with E-state index < -0.39 is 11.7 Å². The molecule has 1 aromatic heterocycles. The first kappa shape index (κ1) is 25.6. The van der Waals surface area contributed by atoms with Gasteiger partial charge in [-0.15, -0.1) is 11.3 Å². The molecule has 0 spiro atoms. The highest BCUT2D eigenvalue weighted by molar-refractivity contribution is 7.26. The molecular formula is C37H25F3S. The fourth-order valence-electron chi connectivity index (χ4n) is 5.83. The molecule has 0 saturated carbocycles. The van der Waals surface area contributed by atoms with Crippen molar-refractivity contribution in [3.05, 3.63) is 132 Å². The first-order valence-corrected chi connectivity index (χ1v) is 14.3. The highest BCUT2D eigenvalue weighted by atomic mass is 32.1. The van der Waals surface area contributed by atoms with E-state index in [4.69, 9.17) is 0 Å². The molecule has 6 aromatic carbocycles. The molecule has 0 unspecified atom stereocenters. The van der Waals surface area contributed by atoms with Gasteiger partial charge in [-0.1, -0.05) is 96.6 Å². The van der Waals surface area contributed by atoms with Crippen LogP contribution < -0.4 is 0 Å². The Morgan fingerprint density at radius 2 is 1.29 bits per heavy atom. The van der Waals surface area contributed by atoms with Crippen LogP contribution in [0.15, 0.2) is 115 Å². The maximum absolute atomic E-state index is 13.7. The Balaban J connectivity index is 1.52. The van der Waals surface area contributed by atoms with Gasteiger partial charge in [0.05, 0.1) is 5.56 Å². The molecule has 41 heavy (non-hydrogen) atoms. The lowest BCUT2D eigenvalue weighted by atomic mass is 9.89. The largest absolute Gasteiger partial charge is 0.416 e. The summed E-state index contributed by atoms with van der Waals surface area (Å²) in [5.41, 5.74) is 6.64. The molecule has 0 nitrogen and oxygen atoms in total. The first-order chi connectivity index (χ1) is 19.8. The molecule has 0 amide bonds. The molecule has 0 atom stereocenters. The van der Waals surface area contributed by atoms with E-state index in [2.05, 4.69) is 91.9 Å². The van der Waals surface area contributed by atoms with Gasteiger partial charge in [0, 0.05) is 25.7 Å². The van der Waals surface area contributed by atoms with Crippen LogP contribution >= 0.6 is 11.3 Å². The van der Waals surface area contributed by atoms with Gasteiger partial charge in [-0.3, -0.25) is 0 Å². The van der Waals surface area contributed by atoms with Crippen LogP contribution in [0.1, 0.15) is 16.7 Å². The molecule has 0 bridgehead atoms. The smallest absolute Gasteiger partial charge is 0.166 e. The Morgan fingerprint density at radius 1 is 0.537 bits per heavy atom. The lowest BCUT2D eigenvalue weighted by Gasteiger charge is -2.16. The Labute approximate surface area is 240 Å². The van der Waals surface area contributed by atoms with Crippen LogP contribution in [-0.2, 0) is 6.18 Å². The molecule has 0 fully saturated rings. The first-order valence-electron chi connectivity index (χ1n) is 13.5. The van der Waals surface area contributed by atoms with E-state index >= 15 is 0 Å². The summed E-state index contributed by atoms with van der Waals surface area (Å²) in [5, 5.41) is 4.86. The summed E-state index contributed by atoms with van der Waals surface area (Å²) in [6.07, 6.45) is -4.41. The summed E-state index contributed by atoms with van der Waals surface area (Å²) in [4.78, 5) is 0. The molecule has 0 aliphatic heterocycles. The van der Waals surface area contributed by atoms with E-state index in [9.17, 15) is 13.2 Å². The van der Waals surface area contributed by atoms with Crippen molar-refractivity contribution in [1.82, 2.24) is 0 Å². The van der Waals surface area contributed by atoms with Crippen molar-refractivity contribution in [3.8, 4) is 33.4 Å². The van der Waals surface area contributed by atoms with Crippen LogP contribution in [0.3, 0.4) is 0 Å². The summed E-state index contributed by atoms with van der Waals surface area (Å²) in [6.45, 7) is 3.77. The molecule has 0 N–H and O–H groups in total. The van der Waals surface area contributed by atoms with Gasteiger partial charge in [0.15, 0.2) is 0 Å². The number of hydrogen-bond donors (Lipinski definition) is 0. The average Bonchev–Trinajstić information content (AvgIpc) is 3.36. The second-order valence-corrected chi connectivity index (χ2v) is 11.7. The quantitative estimate of drug-likeness (QED) is 0.202. The number of thiophene rings is 1. The van der Waals surface area contributed by atoms with Crippen molar-refractivity contribution in [2.45, 2.75) is 20.0 Å². The van der Waals surface area contributed by atoms with Gasteiger partial charge in [-0.2, -0.15) is 13.2 Å². The molecule has 0 saturated heterocycles. The summed E-state index contributed by atoms with van der Waals surface area (Å²) in [7, 11) is 0. The van der Waals surface area contributed by atoms with Crippen molar-refractivity contribution < 1.29 is 13.2 Å². The number of alkyl halides is 3. The van der Waals surface area contributed by atoms with E-state index in [1.54, 1.807) is 18.3 Å². The van der Waals surface area contributed by atoms with Crippen LogP contribution in [0.4, 0.5) is 13.2 Å². The van der Waals surface area contributed by atoms with E-state index in [0.717, 1.165) is 27.8 Å². The maximum atomic E-state index is 13.7. The lowest BCUT2D eigenvalue weighted by molar-refractivity contribution is -0.137. The molecule has 0 aliphatic carbocycles. The SMILES string of the molecule is Cc1ccc(-c2ccc(-c3cc(C)cc(C(F)(F)F)c3)cc2-c2cccc3c2sc2ccc4ccccc4c23)cc1. The zero-order chi connectivity index (χ0) is 28.3. The van der Waals surface area contributed by atoms with Crippen LogP contribution in [0, 0.1) is 13.8 Å². The summed E-state index contributed by atoms with van der Waals surface area (Å²) in [6, 6.07) is 37.9. The summed E-state index contributed by atoms with van der Waals surface area (Å²) < 4.78 is 43.5. The normalized spacial score (nSPS) is 12.0. The topological polar surface area (TPSA) is 0 Å². The van der Waals surface area contributed by atoms with Gasteiger partial charge in [-0.25, -0.2) is 0 Å². The second-order valence-electron chi connectivity index (χ2n) is 10.7. The van der Waals surface area contributed by atoms with E-state index in [0.29, 0.717) is 11.1 Å². The molecule has 0 aliphatic rings. The minimum atomic E-state index is -4.41. The number of aryl methyl sites for hydroxylation is 2. The van der Waals surface area contributed by atoms with E-state index in [1.807, 2.05) is 18.2 Å². The third-order valence-electron chi connectivity index (χ3n) is 7.80. The molecule has 7 aromatic rings. The summed E-state index contributed by atoms with van der Waals surface area (Å²) in [5.74, 6) is 0. The molecule has 7 rings (SSSR count). The number of benzene rings is 6. The molecule has 200 valence electrons. The number of hydrogen-bond acceptors (Lipinski definition) is 1. The van der Waals surface area contributed by atoms with E-state index in [-0.39, 0.29) is 0 Å². The van der Waals surface area contributed by atoms with Crippen LogP contribution in [0.25, 0.3) is 64.3 Å². The number of rotatable bonds is 3. The van der Waals surface area contributed by atoms with Crippen molar-refractivity contribution in [3.63, 3.8) is 0 Å². The van der Waals surface area contributed by atoms with Gasteiger partial charge >= 0.3 is 6.18 Å². The minimum absolute atomic E-state index is 0.559. The van der Waals surface area contributed by atoms with Gasteiger partial charge in [0.1, 0.15) is 0 Å². The molecular weight excluding hydrogens is 533 g/mol. The van der Waals surface area contributed by atoms with Crippen molar-refractivity contribution in [1.29, 1.82) is 0 Å². The van der Waals surface area contributed by atoms with Crippen LogP contribution in [0.5, 0.6) is 0 Å². The van der Waals surface area contributed by atoms with Gasteiger partial charge in [-0.05, 0) is 82.3 Å². The monoisotopic (exact) mass is 558 g/mol. The average molecular weight is 559 g/mol. The second kappa shape index (κ2) is 9.60.